The van der Waals surface area contributed by atoms with Gasteiger partial charge in [-0.25, -0.2) is 27.5 Å². The van der Waals surface area contributed by atoms with Crippen LogP contribution >= 0.6 is 0 Å². The highest BCUT2D eigenvalue weighted by Crippen LogP contribution is 2.48. The number of aromatic nitrogens is 3. The second-order valence-corrected chi connectivity index (χ2v) is 8.31. The third-order valence-electron chi connectivity index (χ3n) is 6.29. The van der Waals surface area contributed by atoms with Crippen molar-refractivity contribution in [3.63, 3.8) is 0 Å². The molecule has 1 saturated carbocycles. The molecule has 1 fully saturated rings. The summed E-state index contributed by atoms with van der Waals surface area (Å²) in [6.45, 7) is 1.91. The number of nitrogens with zero attached hydrogens (tertiary/aromatic N) is 3. The van der Waals surface area contributed by atoms with E-state index in [9.17, 15) is 22.4 Å². The van der Waals surface area contributed by atoms with E-state index in [4.69, 9.17) is 0 Å². The van der Waals surface area contributed by atoms with E-state index in [1.54, 1.807) is 19.1 Å². The van der Waals surface area contributed by atoms with Gasteiger partial charge in [-0.15, -0.1) is 0 Å². The van der Waals surface area contributed by atoms with Crippen LogP contribution < -0.4 is 10.9 Å². The Morgan fingerprint density at radius 3 is 2.68 bits per heavy atom. The van der Waals surface area contributed by atoms with Crippen molar-refractivity contribution in [1.29, 1.82) is 0 Å². The number of nitrogens with one attached hydrogen (secondary N) is 1. The van der Waals surface area contributed by atoms with Crippen LogP contribution in [0.1, 0.15) is 41.8 Å². The van der Waals surface area contributed by atoms with Crippen molar-refractivity contribution >= 4 is 16.7 Å². The number of rotatable bonds is 5. The van der Waals surface area contributed by atoms with Gasteiger partial charge in [0.1, 0.15) is 17.2 Å². The van der Waals surface area contributed by atoms with Crippen LogP contribution in [0.15, 0.2) is 35.3 Å². The minimum Gasteiger partial charge on any atom is -0.365 e. The summed E-state index contributed by atoms with van der Waals surface area (Å²) < 4.78 is 56.4. The molecule has 2 aliphatic carbocycles. The quantitative estimate of drug-likeness (QED) is 0.603. The van der Waals surface area contributed by atoms with Gasteiger partial charge in [0.2, 0.25) is 0 Å². The van der Waals surface area contributed by atoms with Crippen molar-refractivity contribution in [3.05, 3.63) is 63.3 Å². The Morgan fingerprint density at radius 2 is 1.97 bits per heavy atom. The lowest BCUT2D eigenvalue weighted by atomic mass is 10.0. The first-order chi connectivity index (χ1) is 14.7. The molecule has 0 aliphatic heterocycles. The molecule has 0 saturated heterocycles. The van der Waals surface area contributed by atoms with Crippen molar-refractivity contribution in [2.24, 2.45) is 0 Å². The van der Waals surface area contributed by atoms with Gasteiger partial charge >= 0.3 is 0 Å². The first kappa shape index (κ1) is 20.0. The molecule has 0 spiro atoms. The fourth-order valence-corrected chi connectivity index (χ4v) is 4.43. The normalized spacial score (nSPS) is 18.4. The summed E-state index contributed by atoms with van der Waals surface area (Å²) in [6, 6.07) is 6.09. The number of pyridine rings is 1. The maximum atomic E-state index is 14.1. The highest BCUT2D eigenvalue weighted by molar-refractivity contribution is 5.88. The highest BCUT2D eigenvalue weighted by atomic mass is 19.3. The Morgan fingerprint density at radius 1 is 1.19 bits per heavy atom. The van der Waals surface area contributed by atoms with Crippen molar-refractivity contribution in [2.45, 2.75) is 57.0 Å². The molecule has 9 heteroatoms. The first-order valence-electron chi connectivity index (χ1n) is 10.1. The molecule has 2 aliphatic rings. The van der Waals surface area contributed by atoms with Crippen molar-refractivity contribution in [3.8, 4) is 0 Å². The molecule has 2 heterocycles. The second-order valence-electron chi connectivity index (χ2n) is 8.31. The lowest BCUT2D eigenvalue weighted by Gasteiger charge is -2.19. The van der Waals surface area contributed by atoms with Gasteiger partial charge in [0.15, 0.2) is 0 Å². The van der Waals surface area contributed by atoms with E-state index in [1.807, 2.05) is 0 Å². The van der Waals surface area contributed by atoms with E-state index in [1.165, 1.54) is 18.3 Å². The Labute approximate surface area is 175 Å². The maximum Gasteiger partial charge on any atom is 0.273 e. The molecule has 5 nitrogen and oxygen atoms in total. The molecule has 0 unspecified atom stereocenters. The standard InChI is InChI=1S/C22H20F4N4O/c1-12-28-17-9-18(31)30(21(7-8-21)20(23)24)11-15(17)19(29-12)27-10-13-3-2-4-16-14(13)5-6-22(16,25)26/h2-4,9,11,20H,5-8,10H2,1H3,(H,27,28,29). The molecular formula is C22H20F4N4O. The van der Waals surface area contributed by atoms with Gasteiger partial charge in [-0.3, -0.25) is 4.79 Å². The summed E-state index contributed by atoms with van der Waals surface area (Å²) in [5.41, 5.74) is -0.236. The predicted octanol–water partition coefficient (Wildman–Crippen LogP) is 4.50. The van der Waals surface area contributed by atoms with Crippen LogP contribution in [0.25, 0.3) is 10.9 Å². The van der Waals surface area contributed by atoms with Crippen LogP contribution in [0.3, 0.4) is 0 Å². The fraction of sp³-hybridized carbons (Fsp3) is 0.409. The van der Waals surface area contributed by atoms with E-state index in [0.717, 1.165) is 10.1 Å². The zero-order chi connectivity index (χ0) is 22.0. The molecule has 5 rings (SSSR count). The molecule has 1 N–H and O–H groups in total. The summed E-state index contributed by atoms with van der Waals surface area (Å²) in [7, 11) is 0. The third kappa shape index (κ3) is 3.18. The Hall–Kier alpha value is -2.97. The number of hydrogen-bond donors (Lipinski definition) is 1. The number of fused-ring (bicyclic) bond motifs is 2. The van der Waals surface area contributed by atoms with Gasteiger partial charge in [0.05, 0.1) is 10.9 Å². The van der Waals surface area contributed by atoms with Crippen molar-refractivity contribution in [2.75, 3.05) is 5.32 Å². The van der Waals surface area contributed by atoms with E-state index in [-0.39, 0.29) is 31.4 Å². The Kier molecular flexibility index (Phi) is 4.36. The topological polar surface area (TPSA) is 59.8 Å². The van der Waals surface area contributed by atoms with E-state index < -0.39 is 23.4 Å². The van der Waals surface area contributed by atoms with Gasteiger partial charge in [-0.2, -0.15) is 0 Å². The van der Waals surface area contributed by atoms with Gasteiger partial charge in [0, 0.05) is 30.8 Å². The average molecular weight is 432 g/mol. The number of hydrogen-bond acceptors (Lipinski definition) is 4. The summed E-state index contributed by atoms with van der Waals surface area (Å²) in [6.07, 6.45) is -0.718. The van der Waals surface area contributed by atoms with Crippen LogP contribution in [0, 0.1) is 6.92 Å². The molecule has 162 valence electrons. The van der Waals surface area contributed by atoms with Crippen LogP contribution in [-0.4, -0.2) is 21.0 Å². The van der Waals surface area contributed by atoms with Gasteiger partial charge in [-0.1, -0.05) is 18.2 Å². The maximum absolute atomic E-state index is 14.1. The molecule has 31 heavy (non-hydrogen) atoms. The highest BCUT2D eigenvalue weighted by Gasteiger charge is 2.53. The monoisotopic (exact) mass is 432 g/mol. The zero-order valence-corrected chi connectivity index (χ0v) is 16.8. The van der Waals surface area contributed by atoms with E-state index in [2.05, 4.69) is 15.3 Å². The predicted molar refractivity (Wildman–Crippen MR) is 108 cm³/mol. The van der Waals surface area contributed by atoms with Crippen molar-refractivity contribution < 1.29 is 17.6 Å². The number of aryl methyl sites for hydroxylation is 1. The molecule has 0 amide bonds. The fourth-order valence-electron chi connectivity index (χ4n) is 4.43. The number of benzene rings is 1. The molecule has 0 bridgehead atoms. The lowest BCUT2D eigenvalue weighted by molar-refractivity contribution is -0.00184. The van der Waals surface area contributed by atoms with E-state index in [0.29, 0.717) is 34.5 Å². The molecule has 0 atom stereocenters. The Balaban J connectivity index is 1.54. The second kappa shape index (κ2) is 6.77. The van der Waals surface area contributed by atoms with Gasteiger partial charge in [-0.05, 0) is 37.3 Å². The van der Waals surface area contributed by atoms with Crippen molar-refractivity contribution in [1.82, 2.24) is 14.5 Å². The summed E-state index contributed by atoms with van der Waals surface area (Å²) in [4.78, 5) is 21.1. The number of halogens is 4. The lowest BCUT2D eigenvalue weighted by Crippen LogP contribution is -2.35. The van der Waals surface area contributed by atoms with Gasteiger partial charge < -0.3 is 9.88 Å². The minimum absolute atomic E-state index is 0.0528. The number of alkyl halides is 4. The van der Waals surface area contributed by atoms with Crippen LogP contribution in [0.4, 0.5) is 23.4 Å². The van der Waals surface area contributed by atoms with Crippen LogP contribution in [-0.2, 0) is 24.4 Å². The molecule has 2 aromatic heterocycles. The van der Waals surface area contributed by atoms with Crippen LogP contribution in [0.2, 0.25) is 0 Å². The minimum atomic E-state index is -2.83. The summed E-state index contributed by atoms with van der Waals surface area (Å²) in [5.74, 6) is -2.04. The summed E-state index contributed by atoms with van der Waals surface area (Å²) in [5, 5.41) is 3.59. The van der Waals surface area contributed by atoms with Crippen LogP contribution in [0.5, 0.6) is 0 Å². The zero-order valence-electron chi connectivity index (χ0n) is 16.8. The largest absolute Gasteiger partial charge is 0.365 e. The smallest absolute Gasteiger partial charge is 0.273 e. The molecule has 3 aromatic rings. The summed E-state index contributed by atoms with van der Waals surface area (Å²) >= 11 is 0. The molecule has 1 aromatic carbocycles. The number of anilines is 1. The first-order valence-corrected chi connectivity index (χ1v) is 10.1. The molecular weight excluding hydrogens is 412 g/mol. The van der Waals surface area contributed by atoms with Gasteiger partial charge in [0.25, 0.3) is 17.9 Å². The third-order valence-corrected chi connectivity index (χ3v) is 6.29. The molecule has 0 radical (unpaired) electrons. The SMILES string of the molecule is Cc1nc(NCc2cccc3c2CCC3(F)F)c2cn(C3(C(F)F)CC3)c(=O)cc2n1. The van der Waals surface area contributed by atoms with E-state index >= 15 is 0 Å². The average Bonchev–Trinajstić information content (AvgIpc) is 3.46. The Bertz CT molecular complexity index is 1250.